The average molecular weight is 531 g/mol. The molecule has 0 saturated carbocycles. The molecule has 2 aromatic carbocycles. The number of carbonyl (C=O) groups excluding carboxylic acids is 1. The summed E-state index contributed by atoms with van der Waals surface area (Å²) in [4.78, 5) is 21.8. The number of nitrogens with zero attached hydrogens (tertiary/aromatic N) is 2. The zero-order chi connectivity index (χ0) is 27.4. The normalized spacial score (nSPS) is 11.3. The van der Waals surface area contributed by atoms with Crippen molar-refractivity contribution in [1.29, 1.82) is 0 Å². The quantitative estimate of drug-likeness (QED) is 0.308. The second-order valence-electron chi connectivity index (χ2n) is 9.15. The number of anilines is 1. The number of aryl methyl sites for hydroxylation is 4. The Kier molecular flexibility index (Phi) is 7.78. The molecule has 2 heterocycles. The molecule has 38 heavy (non-hydrogen) atoms. The van der Waals surface area contributed by atoms with Gasteiger partial charge in [-0.05, 0) is 67.6 Å². The Hall–Kier alpha value is -4.24. The molecule has 0 atom stereocenters. The Morgan fingerprint density at radius 2 is 1.71 bits per heavy atom. The fourth-order valence-electron chi connectivity index (χ4n) is 4.37. The van der Waals surface area contributed by atoms with Gasteiger partial charge in [0.1, 0.15) is 17.1 Å². The van der Waals surface area contributed by atoms with Crippen LogP contribution < -0.4 is 15.2 Å². The van der Waals surface area contributed by atoms with E-state index >= 15 is 0 Å². The predicted molar refractivity (Wildman–Crippen MR) is 148 cm³/mol. The van der Waals surface area contributed by atoms with Crippen LogP contribution in [-0.2, 0) is 16.4 Å². The van der Waals surface area contributed by atoms with E-state index in [-0.39, 0.29) is 22.3 Å². The zero-order valence-electron chi connectivity index (χ0n) is 21.8. The molecule has 3 N–H and O–H groups in total. The van der Waals surface area contributed by atoms with E-state index in [9.17, 15) is 13.2 Å². The van der Waals surface area contributed by atoms with Crippen LogP contribution in [0.1, 0.15) is 46.0 Å². The minimum absolute atomic E-state index is 0.00925. The van der Waals surface area contributed by atoms with E-state index in [1.54, 1.807) is 12.3 Å². The number of hydrogen-bond donors (Lipinski definition) is 2. The topological polar surface area (TPSA) is 124 Å². The molecule has 9 heteroatoms. The van der Waals surface area contributed by atoms with Gasteiger partial charge in [-0.25, -0.2) is 14.7 Å². The summed E-state index contributed by atoms with van der Waals surface area (Å²) in [6.45, 7) is 7.88. The number of rotatable bonds is 8. The third-order valence-corrected chi connectivity index (χ3v) is 7.23. The molecule has 0 spiro atoms. The highest BCUT2D eigenvalue weighted by Crippen LogP contribution is 2.33. The molecule has 2 aromatic heterocycles. The van der Waals surface area contributed by atoms with Gasteiger partial charge >= 0.3 is 0 Å². The van der Waals surface area contributed by atoms with Gasteiger partial charge in [0.05, 0.1) is 0 Å². The number of nitrogens with two attached hydrogens (primary N) is 1. The van der Waals surface area contributed by atoms with Gasteiger partial charge in [0, 0.05) is 11.8 Å². The van der Waals surface area contributed by atoms with Crippen molar-refractivity contribution in [2.24, 2.45) is 0 Å². The first-order valence-corrected chi connectivity index (χ1v) is 13.7. The van der Waals surface area contributed by atoms with Crippen LogP contribution in [0.25, 0.3) is 11.1 Å². The van der Waals surface area contributed by atoms with Gasteiger partial charge in [-0.2, -0.15) is 8.42 Å². The smallest absolute Gasteiger partial charge is 0.281 e. The highest BCUT2D eigenvalue weighted by Gasteiger charge is 2.25. The van der Waals surface area contributed by atoms with E-state index in [1.807, 2.05) is 57.2 Å². The van der Waals surface area contributed by atoms with Gasteiger partial charge in [0.25, 0.3) is 15.9 Å². The van der Waals surface area contributed by atoms with E-state index in [0.717, 1.165) is 40.7 Å². The summed E-state index contributed by atoms with van der Waals surface area (Å²) in [5.41, 5.74) is 11.1. The van der Waals surface area contributed by atoms with Gasteiger partial charge in [-0.3, -0.25) is 4.79 Å². The Morgan fingerprint density at radius 3 is 2.39 bits per heavy atom. The third kappa shape index (κ3) is 5.84. The number of amides is 1. The molecule has 0 saturated heterocycles. The Labute approximate surface area is 223 Å². The average Bonchev–Trinajstić information content (AvgIpc) is 2.86. The SMILES string of the molecule is CCCc1ccccc1-c1cnc(Oc2c(C)cc(C)cc2C)c(C(=O)NS(=O)(=O)c2cccc(N)n2)c1. The van der Waals surface area contributed by atoms with Crippen LogP contribution in [0.4, 0.5) is 5.82 Å². The number of pyridine rings is 2. The van der Waals surface area contributed by atoms with E-state index in [1.165, 1.54) is 18.2 Å². The van der Waals surface area contributed by atoms with Crippen molar-refractivity contribution in [1.82, 2.24) is 14.7 Å². The van der Waals surface area contributed by atoms with Crippen LogP contribution in [0.15, 0.2) is 71.9 Å². The fraction of sp³-hybridized carbons (Fsp3) is 0.207. The highest BCUT2D eigenvalue weighted by molar-refractivity contribution is 7.90. The molecule has 196 valence electrons. The second-order valence-corrected chi connectivity index (χ2v) is 10.8. The van der Waals surface area contributed by atoms with Crippen molar-refractivity contribution >= 4 is 21.7 Å². The predicted octanol–water partition coefficient (Wildman–Crippen LogP) is 5.51. The van der Waals surface area contributed by atoms with Crippen molar-refractivity contribution in [3.63, 3.8) is 0 Å². The Morgan fingerprint density at radius 1 is 1.00 bits per heavy atom. The minimum Gasteiger partial charge on any atom is -0.438 e. The second kappa shape index (κ2) is 11.0. The number of carbonyl (C=O) groups is 1. The number of benzene rings is 2. The number of nitrogens with one attached hydrogen (secondary N) is 1. The molecule has 0 aliphatic rings. The Bertz CT molecular complexity index is 1590. The summed E-state index contributed by atoms with van der Waals surface area (Å²) in [6, 6.07) is 17.6. The van der Waals surface area contributed by atoms with Crippen LogP contribution in [-0.4, -0.2) is 24.3 Å². The van der Waals surface area contributed by atoms with Gasteiger partial charge < -0.3 is 10.5 Å². The van der Waals surface area contributed by atoms with Crippen molar-refractivity contribution in [3.05, 3.63) is 94.7 Å². The molecule has 4 rings (SSSR count). The number of hydrogen-bond acceptors (Lipinski definition) is 7. The lowest BCUT2D eigenvalue weighted by molar-refractivity contribution is 0.0978. The maximum atomic E-state index is 13.5. The van der Waals surface area contributed by atoms with Gasteiger partial charge in [0.15, 0.2) is 5.03 Å². The van der Waals surface area contributed by atoms with Gasteiger partial charge in [-0.15, -0.1) is 0 Å². The lowest BCUT2D eigenvalue weighted by Gasteiger charge is -2.16. The summed E-state index contributed by atoms with van der Waals surface area (Å²) in [5.74, 6) is -0.332. The first-order chi connectivity index (χ1) is 18.1. The molecule has 0 radical (unpaired) electrons. The number of sulfonamides is 1. The van der Waals surface area contributed by atoms with Crippen LogP contribution in [0.2, 0.25) is 0 Å². The van der Waals surface area contributed by atoms with Crippen molar-refractivity contribution in [2.75, 3.05) is 5.73 Å². The number of ether oxygens (including phenoxy) is 1. The molecule has 8 nitrogen and oxygen atoms in total. The van der Waals surface area contributed by atoms with Gasteiger partial charge in [0.2, 0.25) is 5.88 Å². The molecule has 0 aliphatic heterocycles. The van der Waals surface area contributed by atoms with Gasteiger partial charge in [-0.1, -0.05) is 61.4 Å². The largest absolute Gasteiger partial charge is 0.438 e. The summed E-state index contributed by atoms with van der Waals surface area (Å²) in [5, 5.41) is -0.365. The monoisotopic (exact) mass is 530 g/mol. The van der Waals surface area contributed by atoms with Crippen LogP contribution in [0.5, 0.6) is 11.6 Å². The van der Waals surface area contributed by atoms with Crippen molar-refractivity contribution in [2.45, 2.75) is 45.6 Å². The molecule has 4 aromatic rings. The summed E-state index contributed by atoms with van der Waals surface area (Å²) in [6.07, 6.45) is 3.41. The molecule has 0 fully saturated rings. The standard InChI is InChI=1S/C29H30N4O4S/c1-5-9-21-10-6-7-11-23(21)22-16-24(28(34)33-38(35,36)26-13-8-12-25(30)32-26)29(31-17-22)37-27-19(3)14-18(2)15-20(27)4/h6-8,10-17H,5,9H2,1-4H3,(H2,30,32)(H,33,34). The van der Waals surface area contributed by atoms with E-state index < -0.39 is 15.9 Å². The summed E-state index contributed by atoms with van der Waals surface area (Å²) >= 11 is 0. The molecule has 0 aliphatic carbocycles. The maximum Gasteiger partial charge on any atom is 0.281 e. The summed E-state index contributed by atoms with van der Waals surface area (Å²) in [7, 11) is -4.31. The lowest BCUT2D eigenvalue weighted by Crippen LogP contribution is -2.31. The van der Waals surface area contributed by atoms with Crippen LogP contribution in [0.3, 0.4) is 0 Å². The first-order valence-electron chi connectivity index (χ1n) is 12.2. The summed E-state index contributed by atoms with van der Waals surface area (Å²) < 4.78 is 34.2. The minimum atomic E-state index is -4.31. The molecule has 1 amide bonds. The van der Waals surface area contributed by atoms with Crippen molar-refractivity contribution in [3.8, 4) is 22.8 Å². The van der Waals surface area contributed by atoms with E-state index in [4.69, 9.17) is 10.5 Å². The lowest BCUT2D eigenvalue weighted by atomic mass is 9.97. The fourth-order valence-corrected chi connectivity index (χ4v) is 5.31. The molecule has 0 bridgehead atoms. The van der Waals surface area contributed by atoms with E-state index in [2.05, 4.69) is 21.6 Å². The van der Waals surface area contributed by atoms with E-state index in [0.29, 0.717) is 11.3 Å². The van der Waals surface area contributed by atoms with Crippen LogP contribution in [0, 0.1) is 20.8 Å². The van der Waals surface area contributed by atoms with Crippen LogP contribution >= 0.6 is 0 Å². The Balaban J connectivity index is 1.81. The number of nitrogen functional groups attached to an aromatic ring is 1. The molecular weight excluding hydrogens is 500 g/mol. The highest BCUT2D eigenvalue weighted by atomic mass is 32.2. The molecular formula is C29H30N4O4S. The van der Waals surface area contributed by atoms with Crippen molar-refractivity contribution < 1.29 is 17.9 Å². The molecule has 0 unspecified atom stereocenters. The third-order valence-electron chi connectivity index (χ3n) is 5.99. The maximum absolute atomic E-state index is 13.5. The number of aromatic nitrogens is 2. The zero-order valence-corrected chi connectivity index (χ0v) is 22.6. The first kappa shape index (κ1) is 26.8.